The Balaban J connectivity index is 1.96. The average molecular weight is 369 g/mol. The van der Waals surface area contributed by atoms with Gasteiger partial charge in [0, 0.05) is 12.6 Å². The molecule has 2 heterocycles. The number of urea groups is 1. The molecule has 3 rings (SSSR count). The van der Waals surface area contributed by atoms with Crippen LogP contribution >= 0.6 is 23.5 Å². The fourth-order valence-electron chi connectivity index (χ4n) is 3.40. The Kier molecular flexibility index (Phi) is 5.92. The van der Waals surface area contributed by atoms with E-state index >= 15 is 0 Å². The Hall–Kier alpha value is -0.950. The maximum Gasteiger partial charge on any atom is 0.334 e. The standard InChI is InChI=1S/C17H24N2O3S2/c1-2-3-9-18-14(20)13(16-23-10-6-11-24-16)15(21)19(17(18)22)12-7-4-5-8-12/h12H,2-11H2,1H3. The topological polar surface area (TPSA) is 57.7 Å². The summed E-state index contributed by atoms with van der Waals surface area (Å²) in [4.78, 5) is 41.4. The highest BCUT2D eigenvalue weighted by Crippen LogP contribution is 2.40. The van der Waals surface area contributed by atoms with Crippen molar-refractivity contribution >= 4 is 41.4 Å². The predicted octanol–water partition coefficient (Wildman–Crippen LogP) is 3.60. The van der Waals surface area contributed by atoms with E-state index in [-0.39, 0.29) is 23.4 Å². The third-order valence-electron chi connectivity index (χ3n) is 4.71. The summed E-state index contributed by atoms with van der Waals surface area (Å²) in [6.45, 7) is 2.43. The summed E-state index contributed by atoms with van der Waals surface area (Å²) in [5.74, 6) is 1.11. The molecule has 2 aliphatic heterocycles. The van der Waals surface area contributed by atoms with Crippen molar-refractivity contribution in [2.45, 2.75) is 57.9 Å². The summed E-state index contributed by atoms with van der Waals surface area (Å²) >= 11 is 3.17. The number of barbiturate groups is 1. The summed E-state index contributed by atoms with van der Waals surface area (Å²) in [6.07, 6.45) is 6.56. The highest BCUT2D eigenvalue weighted by atomic mass is 32.2. The van der Waals surface area contributed by atoms with E-state index in [1.807, 2.05) is 6.92 Å². The number of thioether (sulfide) groups is 2. The first-order valence-electron chi connectivity index (χ1n) is 8.84. The molecule has 1 saturated carbocycles. The number of carbonyl (C=O) groups is 3. The summed E-state index contributed by atoms with van der Waals surface area (Å²) in [7, 11) is 0. The molecule has 0 bridgehead atoms. The van der Waals surface area contributed by atoms with Gasteiger partial charge in [0.1, 0.15) is 5.57 Å². The second-order valence-electron chi connectivity index (χ2n) is 6.42. The summed E-state index contributed by atoms with van der Waals surface area (Å²) in [5, 5.41) is 0. The van der Waals surface area contributed by atoms with Gasteiger partial charge in [-0.15, -0.1) is 23.5 Å². The monoisotopic (exact) mass is 368 g/mol. The van der Waals surface area contributed by atoms with E-state index in [4.69, 9.17) is 0 Å². The van der Waals surface area contributed by atoms with E-state index in [0.717, 1.165) is 60.7 Å². The maximum absolute atomic E-state index is 13.0. The third kappa shape index (κ3) is 3.38. The van der Waals surface area contributed by atoms with Gasteiger partial charge in [0.2, 0.25) is 0 Å². The lowest BCUT2D eigenvalue weighted by molar-refractivity contribution is -0.137. The van der Waals surface area contributed by atoms with E-state index in [9.17, 15) is 14.4 Å². The predicted molar refractivity (Wildman–Crippen MR) is 97.7 cm³/mol. The van der Waals surface area contributed by atoms with Gasteiger partial charge in [0.15, 0.2) is 0 Å². The SMILES string of the molecule is CCCCN1C(=O)C(=C2SCCCS2)C(=O)N(C2CCCC2)C1=O. The molecule has 3 aliphatic rings. The number of rotatable bonds is 4. The van der Waals surface area contributed by atoms with Gasteiger partial charge in [-0.2, -0.15) is 0 Å². The largest absolute Gasteiger partial charge is 0.334 e. The molecule has 0 radical (unpaired) electrons. The number of amides is 4. The van der Waals surface area contributed by atoms with E-state index in [0.29, 0.717) is 6.54 Å². The first-order chi connectivity index (χ1) is 11.6. The van der Waals surface area contributed by atoms with Gasteiger partial charge in [-0.3, -0.25) is 19.4 Å². The zero-order valence-corrected chi connectivity index (χ0v) is 15.7. The minimum atomic E-state index is -0.402. The Labute approximate surface area is 151 Å². The van der Waals surface area contributed by atoms with Crippen LogP contribution in [0.5, 0.6) is 0 Å². The minimum Gasteiger partial charge on any atom is -0.268 e. The van der Waals surface area contributed by atoms with Gasteiger partial charge in [0.05, 0.1) is 4.24 Å². The Morgan fingerprint density at radius 3 is 2.29 bits per heavy atom. The van der Waals surface area contributed by atoms with Crippen LogP contribution in [0.1, 0.15) is 51.9 Å². The van der Waals surface area contributed by atoms with Crippen LogP contribution in [0, 0.1) is 0 Å². The van der Waals surface area contributed by atoms with Crippen LogP contribution in [0.3, 0.4) is 0 Å². The quantitative estimate of drug-likeness (QED) is 0.560. The normalized spacial score (nSPS) is 23.6. The van der Waals surface area contributed by atoms with Crippen LogP contribution in [0.4, 0.5) is 4.79 Å². The maximum atomic E-state index is 13.0. The van der Waals surface area contributed by atoms with Crippen LogP contribution in [0.15, 0.2) is 9.81 Å². The second kappa shape index (κ2) is 7.95. The average Bonchev–Trinajstić information content (AvgIpc) is 3.10. The van der Waals surface area contributed by atoms with Crippen molar-refractivity contribution in [3.05, 3.63) is 9.81 Å². The lowest BCUT2D eigenvalue weighted by Gasteiger charge is -2.38. The van der Waals surface area contributed by atoms with Crippen molar-refractivity contribution < 1.29 is 14.4 Å². The molecule has 3 fully saturated rings. The summed E-state index contributed by atoms with van der Waals surface area (Å²) < 4.78 is 0.813. The van der Waals surface area contributed by atoms with Gasteiger partial charge in [-0.05, 0) is 37.2 Å². The zero-order valence-electron chi connectivity index (χ0n) is 14.1. The lowest BCUT2D eigenvalue weighted by Crippen LogP contribution is -2.59. The molecular weight excluding hydrogens is 344 g/mol. The minimum absolute atomic E-state index is 0.0450. The Bertz CT molecular complexity index is 562. The van der Waals surface area contributed by atoms with Gasteiger partial charge < -0.3 is 0 Å². The smallest absolute Gasteiger partial charge is 0.268 e. The molecule has 0 aromatic heterocycles. The van der Waals surface area contributed by atoms with E-state index in [1.54, 1.807) is 23.5 Å². The van der Waals surface area contributed by atoms with Crippen molar-refractivity contribution in [1.82, 2.24) is 9.80 Å². The van der Waals surface area contributed by atoms with Gasteiger partial charge in [-0.1, -0.05) is 26.2 Å². The molecule has 0 unspecified atom stereocenters. The van der Waals surface area contributed by atoms with E-state index < -0.39 is 6.03 Å². The molecule has 0 N–H and O–H groups in total. The first kappa shape index (κ1) is 17.9. The molecule has 0 aromatic carbocycles. The molecule has 4 amide bonds. The van der Waals surface area contributed by atoms with E-state index in [2.05, 4.69) is 0 Å². The fourth-order valence-corrected chi connectivity index (χ4v) is 6.00. The van der Waals surface area contributed by atoms with Crippen molar-refractivity contribution in [2.24, 2.45) is 0 Å². The lowest BCUT2D eigenvalue weighted by atomic mass is 10.1. The second-order valence-corrected chi connectivity index (χ2v) is 8.89. The molecule has 7 heteroatoms. The highest BCUT2D eigenvalue weighted by molar-refractivity contribution is 8.22. The molecule has 2 saturated heterocycles. The molecule has 0 aromatic rings. The molecule has 132 valence electrons. The highest BCUT2D eigenvalue weighted by Gasteiger charge is 2.46. The number of carbonyl (C=O) groups excluding carboxylic acids is 3. The van der Waals surface area contributed by atoms with Crippen LogP contribution in [-0.2, 0) is 9.59 Å². The molecular formula is C17H24N2O3S2. The van der Waals surface area contributed by atoms with Crippen molar-refractivity contribution in [2.75, 3.05) is 18.1 Å². The Morgan fingerprint density at radius 1 is 1.00 bits per heavy atom. The van der Waals surface area contributed by atoms with Gasteiger partial charge >= 0.3 is 6.03 Å². The van der Waals surface area contributed by atoms with Crippen molar-refractivity contribution in [3.8, 4) is 0 Å². The number of hydrogen-bond donors (Lipinski definition) is 0. The van der Waals surface area contributed by atoms with Crippen LogP contribution < -0.4 is 0 Å². The summed E-state index contributed by atoms with van der Waals surface area (Å²) in [6, 6.07) is -0.447. The van der Waals surface area contributed by atoms with Crippen LogP contribution in [-0.4, -0.2) is 51.7 Å². The molecule has 24 heavy (non-hydrogen) atoms. The zero-order chi connectivity index (χ0) is 17.1. The third-order valence-corrected chi connectivity index (χ3v) is 7.34. The van der Waals surface area contributed by atoms with E-state index in [1.165, 1.54) is 9.80 Å². The Morgan fingerprint density at radius 2 is 1.67 bits per heavy atom. The molecule has 1 aliphatic carbocycles. The molecule has 5 nitrogen and oxygen atoms in total. The van der Waals surface area contributed by atoms with Gasteiger partial charge in [0.25, 0.3) is 11.8 Å². The fraction of sp³-hybridized carbons (Fsp3) is 0.706. The molecule has 0 spiro atoms. The molecule has 0 atom stereocenters. The number of unbranched alkanes of at least 4 members (excludes halogenated alkanes) is 1. The summed E-state index contributed by atoms with van der Waals surface area (Å²) in [5.41, 5.74) is 0.243. The van der Waals surface area contributed by atoms with Crippen LogP contribution in [0.2, 0.25) is 0 Å². The first-order valence-corrected chi connectivity index (χ1v) is 10.8. The van der Waals surface area contributed by atoms with Crippen LogP contribution in [0.25, 0.3) is 0 Å². The number of imide groups is 2. The van der Waals surface area contributed by atoms with Gasteiger partial charge in [-0.25, -0.2) is 4.79 Å². The van der Waals surface area contributed by atoms with Crippen molar-refractivity contribution in [1.29, 1.82) is 0 Å². The van der Waals surface area contributed by atoms with Crippen molar-refractivity contribution in [3.63, 3.8) is 0 Å². The number of nitrogens with zero attached hydrogens (tertiary/aromatic N) is 2. The number of hydrogen-bond acceptors (Lipinski definition) is 5.